The first-order chi connectivity index (χ1) is 7.38. The van der Waals surface area contributed by atoms with Gasteiger partial charge >= 0.3 is 0 Å². The Morgan fingerprint density at radius 3 is 3.20 bits per heavy atom. The van der Waals surface area contributed by atoms with Crippen LogP contribution >= 0.6 is 0 Å². The average Bonchev–Trinajstić information content (AvgIpc) is 2.66. The Labute approximate surface area is 89.3 Å². The molecule has 2 heteroatoms. The van der Waals surface area contributed by atoms with Gasteiger partial charge in [0, 0.05) is 22.7 Å². The zero-order valence-electron chi connectivity index (χ0n) is 8.76. The van der Waals surface area contributed by atoms with Gasteiger partial charge in [-0.3, -0.25) is 0 Å². The van der Waals surface area contributed by atoms with Crippen molar-refractivity contribution in [2.45, 2.75) is 19.3 Å². The van der Waals surface area contributed by atoms with E-state index in [1.54, 1.807) is 7.11 Å². The molecule has 1 N–H and O–H groups in total. The molecule has 76 valence electrons. The number of aryl methyl sites for hydroxylation is 1. The van der Waals surface area contributed by atoms with Gasteiger partial charge in [-0.1, -0.05) is 0 Å². The van der Waals surface area contributed by atoms with Crippen LogP contribution < -0.4 is 4.74 Å². The monoisotopic (exact) mass is 199 g/mol. The zero-order chi connectivity index (χ0) is 10.3. The van der Waals surface area contributed by atoms with Crippen LogP contribution in [-0.4, -0.2) is 12.1 Å². The molecule has 1 aromatic heterocycles. The molecule has 1 aromatic carbocycles. The molecule has 3 rings (SSSR count). The number of rotatable bonds is 1. The van der Waals surface area contributed by atoms with Crippen LogP contribution in [0.2, 0.25) is 0 Å². The first-order valence-corrected chi connectivity index (χ1v) is 5.26. The smallest absolute Gasteiger partial charge is 0.120 e. The second kappa shape index (κ2) is 3.30. The lowest BCUT2D eigenvalue weighted by Gasteiger charge is -2.09. The number of ether oxygens (including phenoxy) is 1. The Bertz CT molecular complexity index is 498. The molecule has 0 saturated carbocycles. The van der Waals surface area contributed by atoms with Gasteiger partial charge < -0.3 is 9.72 Å². The Morgan fingerprint density at radius 2 is 2.33 bits per heavy atom. The van der Waals surface area contributed by atoms with Crippen molar-refractivity contribution in [1.29, 1.82) is 0 Å². The van der Waals surface area contributed by atoms with Gasteiger partial charge in [0.2, 0.25) is 0 Å². The van der Waals surface area contributed by atoms with Crippen LogP contribution in [0.15, 0.2) is 18.2 Å². The fraction of sp³-hybridized carbons (Fsp3) is 0.308. The summed E-state index contributed by atoms with van der Waals surface area (Å²) in [5.74, 6) is 0.911. The summed E-state index contributed by atoms with van der Waals surface area (Å²) in [5.41, 5.74) is 3.97. The molecule has 2 radical (unpaired) electrons. The first kappa shape index (κ1) is 8.84. The Hall–Kier alpha value is -1.44. The van der Waals surface area contributed by atoms with Gasteiger partial charge in [0.1, 0.15) is 5.75 Å². The molecule has 1 aliphatic rings. The van der Waals surface area contributed by atoms with Crippen LogP contribution in [0.1, 0.15) is 17.7 Å². The van der Waals surface area contributed by atoms with E-state index in [1.807, 2.05) is 6.07 Å². The number of nitrogens with one attached hydrogen (secondary N) is 1. The third kappa shape index (κ3) is 1.32. The predicted molar refractivity (Wildman–Crippen MR) is 60.1 cm³/mol. The molecule has 0 atom stereocenters. The van der Waals surface area contributed by atoms with Crippen LogP contribution in [0.4, 0.5) is 0 Å². The highest BCUT2D eigenvalue weighted by molar-refractivity contribution is 5.86. The fourth-order valence-corrected chi connectivity index (χ4v) is 2.26. The second-order valence-corrected chi connectivity index (χ2v) is 3.92. The summed E-state index contributed by atoms with van der Waals surface area (Å²) in [6.45, 7) is 0. The number of hydrogen-bond donors (Lipinski definition) is 1. The largest absolute Gasteiger partial charge is 0.497 e. The molecule has 2 aromatic rings. The number of methoxy groups -OCH3 is 1. The minimum absolute atomic E-state index is 0.911. The predicted octanol–water partition coefficient (Wildman–Crippen LogP) is 2.75. The number of fused-ring (bicyclic) bond motifs is 3. The molecule has 1 heterocycles. The molecule has 0 fully saturated rings. The van der Waals surface area contributed by atoms with Crippen LogP contribution in [0, 0.1) is 6.42 Å². The number of hydrogen-bond acceptors (Lipinski definition) is 1. The van der Waals surface area contributed by atoms with Crippen LogP contribution in [0.25, 0.3) is 10.9 Å². The molecule has 0 aliphatic heterocycles. The van der Waals surface area contributed by atoms with E-state index in [2.05, 4.69) is 23.5 Å². The normalized spacial score (nSPS) is 15.3. The van der Waals surface area contributed by atoms with Gasteiger partial charge in [0.25, 0.3) is 0 Å². The average molecular weight is 199 g/mol. The van der Waals surface area contributed by atoms with Gasteiger partial charge in [-0.2, -0.15) is 0 Å². The summed E-state index contributed by atoms with van der Waals surface area (Å²) in [7, 11) is 1.70. The summed E-state index contributed by atoms with van der Waals surface area (Å²) in [5, 5.41) is 1.32. The van der Waals surface area contributed by atoms with Crippen molar-refractivity contribution in [2.75, 3.05) is 7.11 Å². The minimum Gasteiger partial charge on any atom is -0.497 e. The molecule has 2 nitrogen and oxygen atoms in total. The van der Waals surface area contributed by atoms with Crippen molar-refractivity contribution in [3.63, 3.8) is 0 Å². The lowest BCUT2D eigenvalue weighted by Crippen LogP contribution is -2.00. The number of H-pyrrole nitrogens is 1. The standard InChI is InChI=1S/C13H13NO/c1-15-9-6-7-11-10-4-2-3-5-12(10)14-13(11)8-9/h6-8,14H,3-5H2,1H3. The summed E-state index contributed by atoms with van der Waals surface area (Å²) < 4.78 is 5.22. The SMILES string of the molecule is COc1ccc2c3c([nH]c2c1)CC[C]C3. The zero-order valence-corrected chi connectivity index (χ0v) is 8.76. The molecule has 1 aliphatic carbocycles. The summed E-state index contributed by atoms with van der Waals surface area (Å²) in [6.07, 6.45) is 6.53. The van der Waals surface area contributed by atoms with Crippen molar-refractivity contribution in [3.8, 4) is 5.75 Å². The maximum atomic E-state index is 5.22. The van der Waals surface area contributed by atoms with E-state index >= 15 is 0 Å². The van der Waals surface area contributed by atoms with E-state index in [0.29, 0.717) is 0 Å². The van der Waals surface area contributed by atoms with E-state index in [0.717, 1.165) is 25.0 Å². The van der Waals surface area contributed by atoms with Crippen LogP contribution in [0.3, 0.4) is 0 Å². The molecule has 0 amide bonds. The van der Waals surface area contributed by atoms with Crippen molar-refractivity contribution >= 4 is 10.9 Å². The summed E-state index contributed by atoms with van der Waals surface area (Å²) >= 11 is 0. The maximum Gasteiger partial charge on any atom is 0.120 e. The minimum atomic E-state index is 0.911. The molecule has 0 saturated heterocycles. The van der Waals surface area contributed by atoms with Crippen molar-refractivity contribution in [3.05, 3.63) is 35.9 Å². The summed E-state index contributed by atoms with van der Waals surface area (Å²) in [6, 6.07) is 6.22. The number of aromatic nitrogens is 1. The Morgan fingerprint density at radius 1 is 1.40 bits per heavy atom. The highest BCUT2D eigenvalue weighted by atomic mass is 16.5. The molecular formula is C13H13NO. The Balaban J connectivity index is 2.22. The molecule has 0 bridgehead atoms. The molecule has 0 spiro atoms. The van der Waals surface area contributed by atoms with E-state index < -0.39 is 0 Å². The fourth-order valence-electron chi connectivity index (χ4n) is 2.26. The quantitative estimate of drug-likeness (QED) is 0.750. The van der Waals surface area contributed by atoms with Gasteiger partial charge in [-0.25, -0.2) is 0 Å². The van der Waals surface area contributed by atoms with Gasteiger partial charge in [-0.05, 0) is 43.4 Å². The maximum absolute atomic E-state index is 5.22. The lowest BCUT2D eigenvalue weighted by molar-refractivity contribution is 0.415. The van der Waals surface area contributed by atoms with Crippen molar-refractivity contribution < 1.29 is 4.74 Å². The van der Waals surface area contributed by atoms with E-state index in [-0.39, 0.29) is 0 Å². The van der Waals surface area contributed by atoms with E-state index in [1.165, 1.54) is 22.2 Å². The van der Waals surface area contributed by atoms with Crippen LogP contribution in [0.5, 0.6) is 5.75 Å². The van der Waals surface area contributed by atoms with Crippen LogP contribution in [-0.2, 0) is 12.8 Å². The van der Waals surface area contributed by atoms with Gasteiger partial charge in [0.05, 0.1) is 7.11 Å². The molecular weight excluding hydrogens is 186 g/mol. The van der Waals surface area contributed by atoms with E-state index in [4.69, 9.17) is 4.74 Å². The Kier molecular flexibility index (Phi) is 1.94. The molecule has 15 heavy (non-hydrogen) atoms. The van der Waals surface area contributed by atoms with Gasteiger partial charge in [-0.15, -0.1) is 0 Å². The third-order valence-electron chi connectivity index (χ3n) is 3.06. The lowest BCUT2D eigenvalue weighted by atomic mass is 9.96. The van der Waals surface area contributed by atoms with Gasteiger partial charge in [0.15, 0.2) is 0 Å². The third-order valence-corrected chi connectivity index (χ3v) is 3.06. The highest BCUT2D eigenvalue weighted by Gasteiger charge is 2.15. The first-order valence-electron chi connectivity index (χ1n) is 5.26. The highest BCUT2D eigenvalue weighted by Crippen LogP contribution is 2.30. The van der Waals surface area contributed by atoms with Crippen molar-refractivity contribution in [2.24, 2.45) is 0 Å². The second-order valence-electron chi connectivity index (χ2n) is 3.92. The summed E-state index contributed by atoms with van der Waals surface area (Å²) in [4.78, 5) is 3.47. The topological polar surface area (TPSA) is 25.0 Å². The molecule has 0 unspecified atom stereocenters. The van der Waals surface area contributed by atoms with E-state index in [9.17, 15) is 0 Å². The number of benzene rings is 1. The number of aromatic amines is 1. The van der Waals surface area contributed by atoms with Crippen molar-refractivity contribution in [1.82, 2.24) is 4.98 Å².